The highest BCUT2D eigenvalue weighted by Crippen LogP contribution is 1.82. The van der Waals surface area contributed by atoms with Crippen molar-refractivity contribution in [3.63, 3.8) is 0 Å². The lowest BCUT2D eigenvalue weighted by Gasteiger charge is -2.05. The number of hydrogen-bond donors (Lipinski definition) is 0. The summed E-state index contributed by atoms with van der Waals surface area (Å²) in [7, 11) is 1.63. The Labute approximate surface area is 46.2 Å². The Bertz CT molecular complexity index is 28.0. The summed E-state index contributed by atoms with van der Waals surface area (Å²) >= 11 is 0.757. The van der Waals surface area contributed by atoms with Gasteiger partial charge in [0.1, 0.15) is 6.29 Å². The van der Waals surface area contributed by atoms with Gasteiger partial charge in [-0.05, 0) is 6.92 Å². The predicted octanol–water partition coefficient (Wildman–Crippen LogP) is -0.457. The van der Waals surface area contributed by atoms with Gasteiger partial charge in [0.2, 0.25) is 0 Å². The van der Waals surface area contributed by atoms with E-state index in [1.807, 2.05) is 6.92 Å². The molecule has 0 spiro atoms. The van der Waals surface area contributed by atoms with Gasteiger partial charge >= 0.3 is 16.6 Å². The number of rotatable bonds is 2. The molecule has 0 aromatic rings. The molecular weight excluding hydrogens is 95.0 g/mol. The predicted molar refractivity (Wildman–Crippen MR) is 26.1 cm³/mol. The summed E-state index contributed by atoms with van der Waals surface area (Å²) in [6, 6.07) is 0. The van der Waals surface area contributed by atoms with Crippen LogP contribution in [0.15, 0.2) is 0 Å². The molecule has 0 N–H and O–H groups in total. The summed E-state index contributed by atoms with van der Waals surface area (Å²) in [5, 5.41) is 0. The summed E-state index contributed by atoms with van der Waals surface area (Å²) in [6.07, 6.45) is -0.00309. The van der Waals surface area contributed by atoms with Gasteiger partial charge in [0.15, 0.2) is 0 Å². The monoisotopic (exact) mass is 104 g/mol. The van der Waals surface area contributed by atoms with E-state index >= 15 is 0 Å². The average molecular weight is 104 g/mol. The minimum absolute atomic E-state index is 0.00309. The molecule has 2 nitrogen and oxygen atoms in total. The molecule has 0 rings (SSSR count). The molecule has 36 valence electrons. The van der Waals surface area contributed by atoms with Gasteiger partial charge in [-0.3, -0.25) is 0 Å². The molecule has 0 aliphatic rings. The molecule has 3 heteroatoms. The molecule has 0 heterocycles. The molecule has 0 saturated heterocycles. The van der Waals surface area contributed by atoms with Crippen molar-refractivity contribution in [2.75, 3.05) is 7.11 Å². The van der Waals surface area contributed by atoms with Crippen LogP contribution in [0.4, 0.5) is 0 Å². The highest BCUT2D eigenvalue weighted by Gasteiger charge is 1.86. The molecule has 0 aliphatic carbocycles. The summed E-state index contributed by atoms with van der Waals surface area (Å²) < 4.78 is 9.53. The van der Waals surface area contributed by atoms with E-state index < -0.39 is 0 Å². The Morgan fingerprint density at radius 2 is 2.17 bits per heavy atom. The van der Waals surface area contributed by atoms with Crippen LogP contribution >= 0.6 is 0 Å². The van der Waals surface area contributed by atoms with Gasteiger partial charge in [-0.1, -0.05) is 0 Å². The molecule has 0 bridgehead atoms. The van der Waals surface area contributed by atoms with Gasteiger partial charge in [-0.15, -0.1) is 0 Å². The first-order chi connectivity index (χ1) is 2.81. The van der Waals surface area contributed by atoms with E-state index in [0.29, 0.717) is 0 Å². The van der Waals surface area contributed by atoms with Crippen molar-refractivity contribution in [1.29, 1.82) is 0 Å². The van der Waals surface area contributed by atoms with Crippen LogP contribution in [0.25, 0.3) is 0 Å². The number of hydrogen-bond acceptors (Lipinski definition) is 2. The number of methoxy groups -OCH3 is 1. The van der Waals surface area contributed by atoms with Crippen molar-refractivity contribution in [1.82, 2.24) is 0 Å². The van der Waals surface area contributed by atoms with Gasteiger partial charge in [-0.25, -0.2) is 0 Å². The van der Waals surface area contributed by atoms with E-state index in [9.17, 15) is 0 Å². The third-order valence-electron chi connectivity index (χ3n) is 0.664. The van der Waals surface area contributed by atoms with Crippen molar-refractivity contribution >= 4 is 16.6 Å². The van der Waals surface area contributed by atoms with Crippen LogP contribution in [0.5, 0.6) is 0 Å². The smallest absolute Gasteiger partial charge is 0.413 e. The van der Waals surface area contributed by atoms with Crippen LogP contribution in [0, 0.1) is 0 Å². The maximum absolute atomic E-state index is 4.82. The molecule has 0 fully saturated rings. The average Bonchev–Trinajstić information content (AvgIpc) is 1.65. The highest BCUT2D eigenvalue weighted by atomic mass is 27.1. The zero-order valence-electron chi connectivity index (χ0n) is 4.39. The van der Waals surface area contributed by atoms with Gasteiger partial charge < -0.3 is 8.53 Å². The fraction of sp³-hybridized carbons (Fsp3) is 1.00. The molecule has 0 aromatic heterocycles. The molecule has 0 saturated carbocycles. The zero-order chi connectivity index (χ0) is 4.99. The Kier molecular flexibility index (Phi) is 3.91. The standard InChI is InChI=1S/C3H7O2.Al.2H/c1-3(4)5-2;;;/h3H,1-2H3;;;/q-1;+1;;. The van der Waals surface area contributed by atoms with Gasteiger partial charge in [-0.2, -0.15) is 0 Å². The quantitative estimate of drug-likeness (QED) is 0.349. The van der Waals surface area contributed by atoms with Crippen molar-refractivity contribution in [2.24, 2.45) is 0 Å². The SMILES string of the molecule is COC(C)[O][AlH2]. The number of ether oxygens (including phenoxy) is 1. The van der Waals surface area contributed by atoms with Crippen LogP contribution in [0.1, 0.15) is 6.92 Å². The van der Waals surface area contributed by atoms with E-state index in [0.717, 1.165) is 16.6 Å². The molecule has 6 heavy (non-hydrogen) atoms. The molecule has 0 radical (unpaired) electrons. The maximum Gasteiger partial charge on any atom is 0.413 e. The largest absolute Gasteiger partial charge is 0.484 e. The van der Waals surface area contributed by atoms with E-state index in [2.05, 4.69) is 0 Å². The first-order valence-corrected chi connectivity index (χ1v) is 2.68. The van der Waals surface area contributed by atoms with Crippen molar-refractivity contribution in [2.45, 2.75) is 13.2 Å². The first kappa shape index (κ1) is 6.45. The molecule has 1 atom stereocenters. The third kappa shape index (κ3) is 2.68. The summed E-state index contributed by atoms with van der Waals surface area (Å²) in [4.78, 5) is 0. The van der Waals surface area contributed by atoms with Crippen LogP contribution in [-0.4, -0.2) is 30.0 Å². The van der Waals surface area contributed by atoms with E-state index in [-0.39, 0.29) is 6.29 Å². The fourth-order valence-electron chi connectivity index (χ4n) is 0.0962. The van der Waals surface area contributed by atoms with Gasteiger partial charge in [0.05, 0.1) is 0 Å². The molecule has 0 amide bonds. The zero-order valence-corrected chi connectivity index (χ0v) is 6.39. The van der Waals surface area contributed by atoms with Crippen molar-refractivity contribution in [3.05, 3.63) is 0 Å². The first-order valence-electron chi connectivity index (χ1n) is 1.87. The second-order valence-electron chi connectivity index (χ2n) is 1.04. The van der Waals surface area contributed by atoms with Crippen LogP contribution in [-0.2, 0) is 8.53 Å². The fourth-order valence-corrected chi connectivity index (χ4v) is 0.289. The van der Waals surface area contributed by atoms with Crippen molar-refractivity contribution < 1.29 is 8.53 Å². The Balaban J connectivity index is 2.75. The summed E-state index contributed by atoms with van der Waals surface area (Å²) in [6.45, 7) is 1.87. The Morgan fingerprint density at radius 1 is 1.67 bits per heavy atom. The molecule has 0 aliphatic heterocycles. The van der Waals surface area contributed by atoms with Gasteiger partial charge in [0, 0.05) is 7.11 Å². The Hall–Kier alpha value is 0.452. The minimum atomic E-state index is -0.00309. The van der Waals surface area contributed by atoms with E-state index in [1.54, 1.807) is 7.11 Å². The van der Waals surface area contributed by atoms with Gasteiger partial charge in [0.25, 0.3) is 0 Å². The maximum atomic E-state index is 4.82. The summed E-state index contributed by atoms with van der Waals surface area (Å²) in [5.41, 5.74) is 0. The third-order valence-corrected chi connectivity index (χ3v) is 1.33. The van der Waals surface area contributed by atoms with Crippen molar-refractivity contribution in [3.8, 4) is 0 Å². The van der Waals surface area contributed by atoms with Crippen LogP contribution in [0.3, 0.4) is 0 Å². The minimum Gasteiger partial charge on any atom is -0.484 e. The molecular formula is C3H9AlO2. The topological polar surface area (TPSA) is 18.5 Å². The normalized spacial score (nSPS) is 14.3. The van der Waals surface area contributed by atoms with E-state index in [4.69, 9.17) is 8.53 Å². The molecule has 1 unspecified atom stereocenters. The highest BCUT2D eigenvalue weighted by molar-refractivity contribution is 5.98. The lowest BCUT2D eigenvalue weighted by molar-refractivity contribution is -0.0334. The van der Waals surface area contributed by atoms with E-state index in [1.165, 1.54) is 0 Å². The van der Waals surface area contributed by atoms with Crippen LogP contribution < -0.4 is 0 Å². The lowest BCUT2D eigenvalue weighted by atomic mass is 10.8. The summed E-state index contributed by atoms with van der Waals surface area (Å²) in [5.74, 6) is 0. The Morgan fingerprint density at radius 3 is 2.17 bits per heavy atom. The van der Waals surface area contributed by atoms with Crippen LogP contribution in [0.2, 0.25) is 0 Å². The second-order valence-corrected chi connectivity index (χ2v) is 1.51. The second kappa shape index (κ2) is 3.64. The lowest BCUT2D eigenvalue weighted by Crippen LogP contribution is -2.06. The molecule has 0 aromatic carbocycles.